The number of nitrogens with zero attached hydrogens (tertiary/aromatic N) is 3. The van der Waals surface area contributed by atoms with E-state index in [4.69, 9.17) is 17.2 Å². The summed E-state index contributed by atoms with van der Waals surface area (Å²) in [5, 5.41) is 3.46. The van der Waals surface area contributed by atoms with Gasteiger partial charge in [-0.05, 0) is 56.2 Å². The van der Waals surface area contributed by atoms with Gasteiger partial charge in [-0.3, -0.25) is 18.9 Å². The normalized spacial score (nSPS) is 28.2. The third-order valence-corrected chi connectivity index (χ3v) is 9.88. The molecule has 2 aromatic heterocycles. The highest BCUT2D eigenvalue weighted by atomic mass is 32.2. The van der Waals surface area contributed by atoms with E-state index in [0.717, 1.165) is 37.4 Å². The fourth-order valence-corrected chi connectivity index (χ4v) is 7.93. The summed E-state index contributed by atoms with van der Waals surface area (Å²) in [5.74, 6) is 0.766. The Hall–Kier alpha value is -2.24. The van der Waals surface area contributed by atoms with Crippen LogP contribution < -0.4 is 10.9 Å². The smallest absolute Gasteiger partial charge is 0.267 e. The summed E-state index contributed by atoms with van der Waals surface area (Å²) in [7, 11) is -3.17. The number of hydrogen-bond acceptors (Lipinski definition) is 8. The van der Waals surface area contributed by atoms with Crippen LogP contribution in [0.5, 0.6) is 0 Å². The number of amides is 1. The number of pyridine rings is 1. The molecule has 0 radical (unpaired) electrons. The van der Waals surface area contributed by atoms with E-state index in [9.17, 15) is 18.0 Å². The highest BCUT2D eigenvalue weighted by Gasteiger charge is 2.42. The van der Waals surface area contributed by atoms with Crippen molar-refractivity contribution >= 4 is 61.6 Å². The van der Waals surface area contributed by atoms with Crippen molar-refractivity contribution in [2.75, 3.05) is 16.8 Å². The van der Waals surface area contributed by atoms with E-state index in [-0.39, 0.29) is 29.0 Å². The Morgan fingerprint density at radius 1 is 1.18 bits per heavy atom. The van der Waals surface area contributed by atoms with Crippen LogP contribution in [0.2, 0.25) is 0 Å². The molecule has 11 heteroatoms. The SMILES string of the molecule is CC1CCC(Nc2nc3ccccn3c(=O)c2C=C2SC(=S)N(C3CCS(=O)(=O)C3)C2=O)CC1. The number of carbonyl (C=O) groups excluding carboxylic acids is 1. The molecule has 2 saturated heterocycles. The number of sulfone groups is 1. The van der Waals surface area contributed by atoms with Crippen LogP contribution in [0.3, 0.4) is 0 Å². The van der Waals surface area contributed by atoms with E-state index in [1.807, 2.05) is 6.07 Å². The van der Waals surface area contributed by atoms with Crippen molar-refractivity contribution in [2.24, 2.45) is 5.92 Å². The molecule has 3 fully saturated rings. The van der Waals surface area contributed by atoms with Gasteiger partial charge in [-0.25, -0.2) is 13.4 Å². The van der Waals surface area contributed by atoms with Crippen LogP contribution in [-0.2, 0) is 14.6 Å². The minimum absolute atomic E-state index is 0.0534. The molecule has 2 aromatic rings. The molecular formula is C23H26N4O4S3. The number of rotatable bonds is 4. The lowest BCUT2D eigenvalue weighted by atomic mass is 9.87. The third kappa shape index (κ3) is 4.52. The molecule has 3 aliphatic rings. The Balaban J connectivity index is 1.52. The molecule has 0 aromatic carbocycles. The van der Waals surface area contributed by atoms with E-state index in [1.54, 1.807) is 24.4 Å². The van der Waals surface area contributed by atoms with Gasteiger partial charge < -0.3 is 5.32 Å². The van der Waals surface area contributed by atoms with Crippen molar-refractivity contribution in [1.82, 2.24) is 14.3 Å². The zero-order chi connectivity index (χ0) is 24.0. The van der Waals surface area contributed by atoms with E-state index >= 15 is 0 Å². The quantitative estimate of drug-likeness (QED) is 0.487. The predicted molar refractivity (Wildman–Crippen MR) is 139 cm³/mol. The standard InChI is InChI=1S/C23H26N4O4S3/c1-14-5-7-15(8-6-14)24-20-17(21(28)26-10-3-2-4-19(26)25-20)12-18-22(29)27(23(32)33-18)16-9-11-34(30,31)13-16/h2-4,10,12,14-16,24H,5-9,11,13H2,1H3. The largest absolute Gasteiger partial charge is 0.367 e. The molecule has 1 N–H and O–H groups in total. The van der Waals surface area contributed by atoms with Crippen LogP contribution in [0.1, 0.15) is 44.6 Å². The first-order chi connectivity index (χ1) is 16.2. The first-order valence-electron chi connectivity index (χ1n) is 11.5. The molecule has 1 atom stereocenters. The first-order valence-corrected chi connectivity index (χ1v) is 14.5. The van der Waals surface area contributed by atoms with Gasteiger partial charge in [0, 0.05) is 12.2 Å². The molecule has 180 valence electrons. The van der Waals surface area contributed by atoms with Crippen molar-refractivity contribution in [2.45, 2.75) is 51.1 Å². The summed E-state index contributed by atoms with van der Waals surface area (Å²) in [4.78, 5) is 33.1. The van der Waals surface area contributed by atoms with Crippen molar-refractivity contribution in [3.05, 3.63) is 45.2 Å². The number of aromatic nitrogens is 2. The molecule has 5 rings (SSSR count). The fourth-order valence-electron chi connectivity index (χ4n) is 4.85. The van der Waals surface area contributed by atoms with Crippen molar-refractivity contribution in [3.63, 3.8) is 0 Å². The highest BCUT2D eigenvalue weighted by Crippen LogP contribution is 2.37. The lowest BCUT2D eigenvalue weighted by Crippen LogP contribution is -2.39. The van der Waals surface area contributed by atoms with Gasteiger partial charge in [0.25, 0.3) is 11.5 Å². The molecule has 0 bridgehead atoms. The third-order valence-electron chi connectivity index (χ3n) is 6.80. The average Bonchev–Trinajstić information content (AvgIpc) is 3.29. The number of thiocarbonyl (C=S) groups is 1. The van der Waals surface area contributed by atoms with Crippen LogP contribution in [-0.4, -0.2) is 56.5 Å². The van der Waals surface area contributed by atoms with Crippen molar-refractivity contribution in [3.8, 4) is 0 Å². The molecule has 0 spiro atoms. The monoisotopic (exact) mass is 518 g/mol. The van der Waals surface area contributed by atoms with Gasteiger partial charge in [0.2, 0.25) is 0 Å². The van der Waals surface area contributed by atoms with Crippen LogP contribution in [0.4, 0.5) is 5.82 Å². The summed E-state index contributed by atoms with van der Waals surface area (Å²) in [6.45, 7) is 2.25. The number of fused-ring (bicyclic) bond motifs is 1. The molecule has 2 aliphatic heterocycles. The Bertz CT molecular complexity index is 1360. The average molecular weight is 519 g/mol. The topological polar surface area (TPSA) is 101 Å². The Kier molecular flexibility index (Phi) is 6.28. The summed E-state index contributed by atoms with van der Waals surface area (Å²) >= 11 is 6.53. The van der Waals surface area contributed by atoms with E-state index in [0.29, 0.717) is 38.6 Å². The van der Waals surface area contributed by atoms with E-state index in [1.165, 1.54) is 9.30 Å². The van der Waals surface area contributed by atoms with E-state index < -0.39 is 15.9 Å². The zero-order valence-corrected chi connectivity index (χ0v) is 21.2. The number of carbonyl (C=O) groups is 1. The molecule has 1 aliphatic carbocycles. The molecule has 1 amide bonds. The van der Waals surface area contributed by atoms with Gasteiger partial charge in [-0.2, -0.15) is 0 Å². The van der Waals surface area contributed by atoms with Crippen LogP contribution in [0.25, 0.3) is 11.7 Å². The Labute approximate surface area is 207 Å². The molecule has 1 unspecified atom stereocenters. The van der Waals surface area contributed by atoms with Crippen molar-refractivity contribution in [1.29, 1.82) is 0 Å². The minimum atomic E-state index is -3.17. The maximum absolute atomic E-state index is 13.4. The van der Waals surface area contributed by atoms with Gasteiger partial charge in [-0.1, -0.05) is 37.0 Å². The fraction of sp³-hybridized carbons (Fsp3) is 0.478. The summed E-state index contributed by atoms with van der Waals surface area (Å²) in [6, 6.07) is 5.11. The van der Waals surface area contributed by atoms with E-state index in [2.05, 4.69) is 12.2 Å². The van der Waals surface area contributed by atoms with Crippen molar-refractivity contribution < 1.29 is 13.2 Å². The number of nitrogens with one attached hydrogen (secondary N) is 1. The zero-order valence-electron chi connectivity index (χ0n) is 18.8. The predicted octanol–water partition coefficient (Wildman–Crippen LogP) is 3.07. The van der Waals surface area contributed by atoms with Gasteiger partial charge in [0.15, 0.2) is 9.84 Å². The summed E-state index contributed by atoms with van der Waals surface area (Å²) in [6.07, 6.45) is 7.80. The maximum Gasteiger partial charge on any atom is 0.267 e. The Morgan fingerprint density at radius 3 is 2.65 bits per heavy atom. The minimum Gasteiger partial charge on any atom is -0.367 e. The van der Waals surface area contributed by atoms with Crippen LogP contribution in [0, 0.1) is 5.92 Å². The second-order valence-electron chi connectivity index (χ2n) is 9.32. The summed E-state index contributed by atoms with van der Waals surface area (Å²) in [5.41, 5.74) is 0.563. The second-order valence-corrected chi connectivity index (χ2v) is 13.2. The Morgan fingerprint density at radius 2 is 1.94 bits per heavy atom. The van der Waals surface area contributed by atoms with Gasteiger partial charge in [0.1, 0.15) is 15.8 Å². The lowest BCUT2D eigenvalue weighted by molar-refractivity contribution is -0.123. The van der Waals surface area contributed by atoms with Gasteiger partial charge in [-0.15, -0.1) is 0 Å². The molecule has 4 heterocycles. The second kappa shape index (κ2) is 9.09. The van der Waals surface area contributed by atoms with Gasteiger partial charge in [0.05, 0.1) is 28.0 Å². The lowest BCUT2D eigenvalue weighted by Gasteiger charge is -2.27. The van der Waals surface area contributed by atoms with Crippen LogP contribution >= 0.6 is 24.0 Å². The molecular weight excluding hydrogens is 492 g/mol. The number of hydrogen-bond donors (Lipinski definition) is 1. The molecule has 1 saturated carbocycles. The first kappa shape index (κ1) is 23.5. The highest BCUT2D eigenvalue weighted by molar-refractivity contribution is 8.26. The molecule has 34 heavy (non-hydrogen) atoms. The van der Waals surface area contributed by atoms with Gasteiger partial charge >= 0.3 is 0 Å². The van der Waals surface area contributed by atoms with Crippen LogP contribution in [0.15, 0.2) is 34.1 Å². The molecule has 8 nitrogen and oxygen atoms in total. The summed E-state index contributed by atoms with van der Waals surface area (Å²) < 4.78 is 25.7. The number of anilines is 1. The maximum atomic E-state index is 13.4. The number of thioether (sulfide) groups is 1.